The van der Waals surface area contributed by atoms with Gasteiger partial charge in [0.05, 0.1) is 22.8 Å². The van der Waals surface area contributed by atoms with Crippen LogP contribution in [0, 0.1) is 17.0 Å². The van der Waals surface area contributed by atoms with Crippen molar-refractivity contribution >= 4 is 15.5 Å². The minimum atomic E-state index is -4.12. The van der Waals surface area contributed by atoms with Crippen LogP contribution in [0.1, 0.15) is 38.2 Å². The number of hydrogen-bond donors (Lipinski definition) is 1. The van der Waals surface area contributed by atoms with Crippen LogP contribution in [0.25, 0.3) is 16.9 Å². The van der Waals surface area contributed by atoms with Crippen LogP contribution in [-0.4, -0.2) is 56.8 Å². The summed E-state index contributed by atoms with van der Waals surface area (Å²) < 4.78 is 34.4. The lowest BCUT2D eigenvalue weighted by Gasteiger charge is -2.37. The van der Waals surface area contributed by atoms with Crippen LogP contribution in [0.2, 0.25) is 0 Å². The molecule has 1 unspecified atom stereocenters. The van der Waals surface area contributed by atoms with E-state index < -0.39 is 26.9 Å². The fraction of sp³-hybridized carbons (Fsp3) is 0.450. The zero-order chi connectivity index (χ0) is 24.6. The number of imidazole rings is 1. The second kappa shape index (κ2) is 9.02. The van der Waals surface area contributed by atoms with Crippen molar-refractivity contribution in [1.82, 2.24) is 23.9 Å². The average Bonchev–Trinajstić information content (AvgIpc) is 3.07. The Kier molecular flexibility index (Phi) is 6.27. The van der Waals surface area contributed by atoms with E-state index in [9.17, 15) is 23.3 Å². The largest absolute Gasteiger partial charge is 0.493 e. The minimum absolute atomic E-state index is 0.0825. The van der Waals surface area contributed by atoms with Crippen molar-refractivity contribution < 1.29 is 23.1 Å². The number of nitrogens with one attached hydrogen (secondary N) is 1. The number of sulfonamides is 1. The number of rotatable bonds is 9. The van der Waals surface area contributed by atoms with Crippen LogP contribution in [0.3, 0.4) is 0 Å². The second-order valence-corrected chi connectivity index (χ2v) is 9.60. The van der Waals surface area contributed by atoms with Crippen LogP contribution in [0.4, 0.5) is 0 Å². The fourth-order valence-corrected chi connectivity index (χ4v) is 5.41. The third-order valence-electron chi connectivity index (χ3n) is 5.45. The first-order valence-electron chi connectivity index (χ1n) is 10.8. The number of nitrogens with zero attached hydrogens (tertiary/aromatic N) is 5. The molecule has 1 aromatic carbocycles. The molecule has 0 radical (unpaired) electrons. The first-order chi connectivity index (χ1) is 16.2. The smallest absolute Gasteiger partial charge is 0.296 e. The number of ether oxygens (including phenoxy) is 1. The highest BCUT2D eigenvalue weighted by atomic mass is 32.2. The first kappa shape index (κ1) is 23.6. The molecule has 4 rings (SSSR count). The van der Waals surface area contributed by atoms with Crippen molar-refractivity contribution in [3.8, 4) is 17.1 Å². The summed E-state index contributed by atoms with van der Waals surface area (Å²) in [6.07, 6.45) is 0.416. The lowest BCUT2D eigenvalue weighted by Crippen LogP contribution is -2.52. The zero-order valence-corrected chi connectivity index (χ0v) is 19.7. The predicted octanol–water partition coefficient (Wildman–Crippen LogP) is 1.67. The SMILES string of the molecule is CCCc1nc(C)c2c(=O)[nH]c(-c3cc(S(=O)(=O)N4CCC4O[N+](=O)[O-])ccc3OCC)nn12. The molecule has 0 spiro atoms. The number of H-pyrrole nitrogens is 1. The molecule has 1 N–H and O–H groups in total. The fourth-order valence-electron chi connectivity index (χ4n) is 3.83. The van der Waals surface area contributed by atoms with Gasteiger partial charge in [0, 0.05) is 19.4 Å². The van der Waals surface area contributed by atoms with Gasteiger partial charge < -0.3 is 9.72 Å². The Labute approximate surface area is 194 Å². The van der Waals surface area contributed by atoms with Gasteiger partial charge in [0.2, 0.25) is 10.0 Å². The topological polar surface area (TPSA) is 162 Å². The van der Waals surface area contributed by atoms with Crippen LogP contribution in [-0.2, 0) is 21.3 Å². The molecular weight excluding hydrogens is 468 g/mol. The quantitative estimate of drug-likeness (QED) is 0.346. The van der Waals surface area contributed by atoms with Gasteiger partial charge in [-0.05, 0) is 38.5 Å². The first-order valence-corrected chi connectivity index (χ1v) is 12.2. The van der Waals surface area contributed by atoms with Crippen LogP contribution in [0.15, 0.2) is 27.9 Å². The van der Waals surface area contributed by atoms with Crippen molar-refractivity contribution in [2.45, 2.75) is 51.2 Å². The number of benzene rings is 1. The number of hydrogen-bond acceptors (Lipinski definition) is 9. The molecule has 0 saturated carbocycles. The molecule has 13 nitrogen and oxygen atoms in total. The summed E-state index contributed by atoms with van der Waals surface area (Å²) in [6.45, 7) is 5.85. The highest BCUT2D eigenvalue weighted by molar-refractivity contribution is 7.89. The van der Waals surface area contributed by atoms with E-state index in [1.54, 1.807) is 13.8 Å². The van der Waals surface area contributed by atoms with Gasteiger partial charge in [0.15, 0.2) is 17.6 Å². The van der Waals surface area contributed by atoms with E-state index in [1.807, 2.05) is 6.92 Å². The third-order valence-corrected chi connectivity index (χ3v) is 7.34. The van der Waals surface area contributed by atoms with E-state index >= 15 is 0 Å². The molecule has 1 aliphatic rings. The molecule has 0 aliphatic carbocycles. The van der Waals surface area contributed by atoms with E-state index in [-0.39, 0.29) is 29.2 Å². The summed E-state index contributed by atoms with van der Waals surface area (Å²) in [5.74, 6) is 1.04. The lowest BCUT2D eigenvalue weighted by molar-refractivity contribution is -0.776. The highest BCUT2D eigenvalue weighted by Gasteiger charge is 2.41. The van der Waals surface area contributed by atoms with Crippen molar-refractivity contribution in [3.63, 3.8) is 0 Å². The van der Waals surface area contributed by atoms with Crippen molar-refractivity contribution in [3.05, 3.63) is 50.2 Å². The molecule has 2 aromatic heterocycles. The van der Waals surface area contributed by atoms with Crippen LogP contribution >= 0.6 is 0 Å². The van der Waals surface area contributed by atoms with Gasteiger partial charge in [0.25, 0.3) is 10.6 Å². The van der Waals surface area contributed by atoms with Crippen molar-refractivity contribution in [2.24, 2.45) is 0 Å². The Bertz CT molecular complexity index is 1410. The van der Waals surface area contributed by atoms with Gasteiger partial charge in [0.1, 0.15) is 11.6 Å². The summed E-state index contributed by atoms with van der Waals surface area (Å²) in [4.78, 5) is 35.0. The standard InChI is InChI=1S/C20H24N6O7S/c1-4-6-16-21-12(3)18-20(27)22-19(23-25(16)18)14-11-13(7-8-15(14)32-5-2)34(30,31)24-10-9-17(24)33-26(28)29/h7-8,11,17H,4-6,9-10H2,1-3H3,(H,22,23,27). The predicted molar refractivity (Wildman–Crippen MR) is 119 cm³/mol. The summed E-state index contributed by atoms with van der Waals surface area (Å²) in [5, 5.41) is 14.2. The maximum absolute atomic E-state index is 13.2. The molecule has 1 atom stereocenters. The third kappa shape index (κ3) is 4.09. The molecule has 0 amide bonds. The van der Waals surface area contributed by atoms with Crippen molar-refractivity contribution in [2.75, 3.05) is 13.2 Å². The molecule has 34 heavy (non-hydrogen) atoms. The number of aromatic nitrogens is 4. The van der Waals surface area contributed by atoms with E-state index in [0.29, 0.717) is 35.8 Å². The molecule has 1 fully saturated rings. The van der Waals surface area contributed by atoms with E-state index in [4.69, 9.17) is 4.74 Å². The zero-order valence-electron chi connectivity index (χ0n) is 18.8. The maximum Gasteiger partial charge on any atom is 0.296 e. The monoisotopic (exact) mass is 492 g/mol. The Balaban J connectivity index is 1.84. The summed E-state index contributed by atoms with van der Waals surface area (Å²) in [6, 6.07) is 4.13. The molecule has 1 saturated heterocycles. The van der Waals surface area contributed by atoms with Gasteiger partial charge in [-0.3, -0.25) is 9.63 Å². The Morgan fingerprint density at radius 2 is 2.09 bits per heavy atom. The highest BCUT2D eigenvalue weighted by Crippen LogP contribution is 2.34. The van der Waals surface area contributed by atoms with Gasteiger partial charge in [-0.2, -0.15) is 4.31 Å². The number of aromatic amines is 1. The molecule has 0 bridgehead atoms. The van der Waals surface area contributed by atoms with Crippen LogP contribution < -0.4 is 10.3 Å². The van der Waals surface area contributed by atoms with Gasteiger partial charge in [-0.1, -0.05) is 6.92 Å². The lowest BCUT2D eigenvalue weighted by atomic mass is 10.2. The van der Waals surface area contributed by atoms with E-state index in [0.717, 1.165) is 10.7 Å². The van der Waals surface area contributed by atoms with Gasteiger partial charge in [-0.15, -0.1) is 15.2 Å². The molecule has 3 aromatic rings. The molecule has 182 valence electrons. The number of fused-ring (bicyclic) bond motifs is 1. The Hall–Kier alpha value is -3.52. The summed E-state index contributed by atoms with van der Waals surface area (Å²) >= 11 is 0. The summed E-state index contributed by atoms with van der Waals surface area (Å²) in [5.41, 5.74) is 0.687. The van der Waals surface area contributed by atoms with Crippen LogP contribution in [0.5, 0.6) is 5.75 Å². The molecular formula is C20H24N6O7S. The van der Waals surface area contributed by atoms with E-state index in [1.165, 1.54) is 22.7 Å². The Morgan fingerprint density at radius 3 is 2.71 bits per heavy atom. The molecule has 14 heteroatoms. The van der Waals surface area contributed by atoms with Gasteiger partial charge >= 0.3 is 0 Å². The van der Waals surface area contributed by atoms with Gasteiger partial charge in [-0.25, -0.2) is 17.9 Å². The normalized spacial score (nSPS) is 16.4. The minimum Gasteiger partial charge on any atom is -0.493 e. The average molecular weight is 493 g/mol. The van der Waals surface area contributed by atoms with E-state index in [2.05, 4.69) is 19.9 Å². The maximum atomic E-state index is 13.2. The number of aryl methyl sites for hydroxylation is 2. The second-order valence-electron chi connectivity index (χ2n) is 7.71. The van der Waals surface area contributed by atoms with Crippen molar-refractivity contribution in [1.29, 1.82) is 0 Å². The molecule has 1 aliphatic heterocycles. The Morgan fingerprint density at radius 1 is 1.32 bits per heavy atom. The summed E-state index contributed by atoms with van der Waals surface area (Å²) in [7, 11) is -4.12. The molecule has 3 heterocycles.